The Labute approximate surface area is 115 Å². The van der Waals surface area contributed by atoms with Gasteiger partial charge in [-0.2, -0.15) is 0 Å². The highest BCUT2D eigenvalue weighted by Crippen LogP contribution is 2.14. The van der Waals surface area contributed by atoms with Crippen molar-refractivity contribution in [2.45, 2.75) is 39.3 Å². The van der Waals surface area contributed by atoms with Gasteiger partial charge in [-0.1, -0.05) is 6.92 Å². The van der Waals surface area contributed by atoms with Crippen LogP contribution in [0.2, 0.25) is 0 Å². The number of nitrogens with zero attached hydrogens (tertiary/aromatic N) is 1. The quantitative estimate of drug-likeness (QED) is 0.764. The molecule has 0 aromatic carbocycles. The average molecular weight is 278 g/mol. The van der Waals surface area contributed by atoms with Crippen molar-refractivity contribution >= 4 is 24.2 Å². The summed E-state index contributed by atoms with van der Waals surface area (Å²) in [5.41, 5.74) is 0. The van der Waals surface area contributed by atoms with Crippen LogP contribution in [0, 0.1) is 5.92 Å². The van der Waals surface area contributed by atoms with E-state index in [9.17, 15) is 9.59 Å². The number of amides is 2. The van der Waals surface area contributed by atoms with Gasteiger partial charge in [0.05, 0.1) is 0 Å². The second-order valence-electron chi connectivity index (χ2n) is 4.93. The molecule has 1 rings (SSSR count). The first-order valence-corrected chi connectivity index (χ1v) is 6.22. The van der Waals surface area contributed by atoms with Gasteiger partial charge in [-0.25, -0.2) is 0 Å². The van der Waals surface area contributed by atoms with E-state index in [-0.39, 0.29) is 42.2 Å². The summed E-state index contributed by atoms with van der Waals surface area (Å²) in [5.74, 6) is -0.116. The Hall–Kier alpha value is -0.810. The number of hydrogen-bond donors (Lipinski definition) is 2. The molecular weight excluding hydrogens is 254 g/mol. The molecule has 2 amide bonds. The minimum Gasteiger partial charge on any atom is -0.344 e. The summed E-state index contributed by atoms with van der Waals surface area (Å²) in [6.07, 6.45) is 0.717. The molecule has 6 heteroatoms. The Morgan fingerprint density at radius 3 is 2.50 bits per heavy atom. The Balaban J connectivity index is 0.00000289. The van der Waals surface area contributed by atoms with Gasteiger partial charge < -0.3 is 15.5 Å². The zero-order valence-corrected chi connectivity index (χ0v) is 12.3. The Kier molecular flexibility index (Phi) is 7.25. The fraction of sp³-hybridized carbons (Fsp3) is 0.833. The molecule has 1 aliphatic heterocycles. The molecule has 0 radical (unpaired) electrons. The molecule has 1 heterocycles. The van der Waals surface area contributed by atoms with E-state index in [0.717, 1.165) is 13.0 Å². The van der Waals surface area contributed by atoms with Crippen molar-refractivity contribution in [3.8, 4) is 0 Å². The average Bonchev–Trinajstić information content (AvgIpc) is 2.61. The van der Waals surface area contributed by atoms with E-state index in [2.05, 4.69) is 10.6 Å². The predicted octanol–water partition coefficient (Wildman–Crippen LogP) is 0.389. The summed E-state index contributed by atoms with van der Waals surface area (Å²) in [7, 11) is 1.81. The van der Waals surface area contributed by atoms with Gasteiger partial charge in [0.1, 0.15) is 6.04 Å². The van der Waals surface area contributed by atoms with Crippen molar-refractivity contribution in [3.05, 3.63) is 0 Å². The lowest BCUT2D eigenvalue weighted by molar-refractivity contribution is -0.134. The van der Waals surface area contributed by atoms with E-state index < -0.39 is 0 Å². The molecule has 0 aliphatic carbocycles. The maximum atomic E-state index is 12.0. The summed E-state index contributed by atoms with van der Waals surface area (Å²) >= 11 is 0. The van der Waals surface area contributed by atoms with Crippen molar-refractivity contribution in [3.63, 3.8) is 0 Å². The lowest BCUT2D eigenvalue weighted by Crippen LogP contribution is -2.46. The number of carbonyl (C=O) groups excluding carboxylic acids is 2. The van der Waals surface area contributed by atoms with Gasteiger partial charge in [-0.15, -0.1) is 12.4 Å². The van der Waals surface area contributed by atoms with Crippen LogP contribution in [0.4, 0.5) is 0 Å². The van der Waals surface area contributed by atoms with Crippen molar-refractivity contribution in [1.82, 2.24) is 15.5 Å². The Morgan fingerprint density at radius 1 is 1.44 bits per heavy atom. The zero-order chi connectivity index (χ0) is 13.0. The molecule has 2 atom stereocenters. The fourth-order valence-electron chi connectivity index (χ4n) is 2.06. The summed E-state index contributed by atoms with van der Waals surface area (Å²) in [5, 5.41) is 5.78. The molecule has 18 heavy (non-hydrogen) atoms. The van der Waals surface area contributed by atoms with Crippen LogP contribution in [0.25, 0.3) is 0 Å². The molecule has 0 spiro atoms. The number of carbonyl (C=O) groups is 2. The number of likely N-dealkylation sites (tertiary alicyclic amines) is 1. The first kappa shape index (κ1) is 17.2. The molecule has 1 saturated heterocycles. The minimum absolute atomic E-state index is 0. The van der Waals surface area contributed by atoms with Crippen LogP contribution in [0.3, 0.4) is 0 Å². The summed E-state index contributed by atoms with van der Waals surface area (Å²) in [6.45, 7) is 7.20. The van der Waals surface area contributed by atoms with Crippen molar-refractivity contribution < 1.29 is 9.59 Å². The van der Waals surface area contributed by atoms with Crippen molar-refractivity contribution in [2.75, 3.05) is 20.1 Å². The van der Waals surface area contributed by atoms with Crippen LogP contribution in [0.15, 0.2) is 0 Å². The molecule has 2 N–H and O–H groups in total. The third-order valence-corrected chi connectivity index (χ3v) is 3.14. The zero-order valence-electron chi connectivity index (χ0n) is 11.5. The Bertz CT molecular complexity index is 297. The van der Waals surface area contributed by atoms with Crippen LogP contribution in [0.1, 0.15) is 27.2 Å². The third-order valence-electron chi connectivity index (χ3n) is 3.14. The standard InChI is InChI=1S/C12H23N3O2.ClH/c1-8(2)15-6-5-10(12(15)17)14-11(16)9(3)7-13-4;/h8-10,13H,5-7H2,1-4H3,(H,14,16);1H. The molecule has 0 aromatic rings. The van der Waals surface area contributed by atoms with Crippen LogP contribution in [-0.4, -0.2) is 48.9 Å². The third kappa shape index (κ3) is 4.14. The Morgan fingerprint density at radius 2 is 2.06 bits per heavy atom. The van der Waals surface area contributed by atoms with Gasteiger partial charge in [0.25, 0.3) is 0 Å². The second-order valence-corrected chi connectivity index (χ2v) is 4.93. The number of rotatable bonds is 5. The molecule has 0 bridgehead atoms. The van der Waals surface area contributed by atoms with Gasteiger partial charge in [-0.05, 0) is 27.3 Å². The molecule has 5 nitrogen and oxygen atoms in total. The van der Waals surface area contributed by atoms with Gasteiger partial charge in [0, 0.05) is 25.0 Å². The van der Waals surface area contributed by atoms with Crippen LogP contribution in [0.5, 0.6) is 0 Å². The topological polar surface area (TPSA) is 61.4 Å². The highest BCUT2D eigenvalue weighted by Gasteiger charge is 2.34. The largest absolute Gasteiger partial charge is 0.344 e. The molecule has 1 fully saturated rings. The normalized spacial score (nSPS) is 20.8. The van der Waals surface area contributed by atoms with Crippen LogP contribution < -0.4 is 10.6 Å². The second kappa shape index (κ2) is 7.59. The molecule has 2 unspecified atom stereocenters. The summed E-state index contributed by atoms with van der Waals surface area (Å²) in [6, 6.07) is -0.122. The fourth-order valence-corrected chi connectivity index (χ4v) is 2.06. The van der Waals surface area contributed by atoms with E-state index in [4.69, 9.17) is 0 Å². The lowest BCUT2D eigenvalue weighted by atomic mass is 10.1. The van der Waals surface area contributed by atoms with Gasteiger partial charge in [0.15, 0.2) is 0 Å². The maximum absolute atomic E-state index is 12.0. The molecule has 0 saturated carbocycles. The lowest BCUT2D eigenvalue weighted by Gasteiger charge is -2.21. The minimum atomic E-state index is -0.329. The first-order chi connectivity index (χ1) is 7.97. The van der Waals surface area contributed by atoms with Gasteiger partial charge >= 0.3 is 0 Å². The van der Waals surface area contributed by atoms with Gasteiger partial charge in [0.2, 0.25) is 11.8 Å². The van der Waals surface area contributed by atoms with Crippen molar-refractivity contribution in [1.29, 1.82) is 0 Å². The SMILES string of the molecule is CNCC(C)C(=O)NC1CCN(C(C)C)C1=O.Cl. The van der Waals surface area contributed by atoms with E-state index >= 15 is 0 Å². The van der Waals surface area contributed by atoms with E-state index in [0.29, 0.717) is 6.54 Å². The highest BCUT2D eigenvalue weighted by atomic mass is 35.5. The highest BCUT2D eigenvalue weighted by molar-refractivity contribution is 5.90. The summed E-state index contributed by atoms with van der Waals surface area (Å²) in [4.78, 5) is 25.6. The van der Waals surface area contributed by atoms with Gasteiger partial charge in [-0.3, -0.25) is 9.59 Å². The summed E-state index contributed by atoms with van der Waals surface area (Å²) < 4.78 is 0. The smallest absolute Gasteiger partial charge is 0.245 e. The molecular formula is C12H24ClN3O2. The number of halogens is 1. The first-order valence-electron chi connectivity index (χ1n) is 6.22. The molecule has 106 valence electrons. The molecule has 0 aromatic heterocycles. The number of hydrogen-bond acceptors (Lipinski definition) is 3. The van der Waals surface area contributed by atoms with Crippen LogP contribution >= 0.6 is 12.4 Å². The van der Waals surface area contributed by atoms with E-state index in [1.165, 1.54) is 0 Å². The maximum Gasteiger partial charge on any atom is 0.245 e. The van der Waals surface area contributed by atoms with E-state index in [1.807, 2.05) is 32.7 Å². The van der Waals surface area contributed by atoms with E-state index in [1.54, 1.807) is 0 Å². The number of nitrogens with one attached hydrogen (secondary N) is 2. The molecule has 1 aliphatic rings. The van der Waals surface area contributed by atoms with Crippen molar-refractivity contribution in [2.24, 2.45) is 5.92 Å². The monoisotopic (exact) mass is 277 g/mol. The van der Waals surface area contributed by atoms with Crippen LogP contribution in [-0.2, 0) is 9.59 Å². The predicted molar refractivity (Wildman–Crippen MR) is 73.7 cm³/mol.